The van der Waals surface area contributed by atoms with Crippen molar-refractivity contribution >= 4 is 17.6 Å². The highest BCUT2D eigenvalue weighted by Crippen LogP contribution is 2.21. The third kappa shape index (κ3) is 3.99. The van der Waals surface area contributed by atoms with Crippen LogP contribution >= 0.6 is 0 Å². The molecule has 18 heavy (non-hydrogen) atoms. The van der Waals surface area contributed by atoms with Gasteiger partial charge in [-0.1, -0.05) is 0 Å². The van der Waals surface area contributed by atoms with Gasteiger partial charge in [0, 0.05) is 11.1 Å². The fourth-order valence-corrected chi connectivity index (χ4v) is 1.39. The van der Waals surface area contributed by atoms with Crippen LogP contribution in [0.1, 0.15) is 18.4 Å². The van der Waals surface area contributed by atoms with E-state index in [0.29, 0.717) is 0 Å². The Bertz CT molecular complexity index is 496. The van der Waals surface area contributed by atoms with Crippen molar-refractivity contribution in [1.29, 1.82) is 0 Å². The SMILES string of the molecule is NC(=O)OCCCC(=C=O)c1cc(F)ccc1F. The molecular weight excluding hydrogens is 244 g/mol. The first-order chi connectivity index (χ1) is 8.54. The van der Waals surface area contributed by atoms with Crippen LogP contribution in [-0.2, 0) is 9.53 Å². The van der Waals surface area contributed by atoms with Gasteiger partial charge < -0.3 is 10.5 Å². The molecule has 0 aliphatic heterocycles. The van der Waals surface area contributed by atoms with E-state index in [1.54, 1.807) is 5.94 Å². The fourth-order valence-electron chi connectivity index (χ4n) is 1.39. The summed E-state index contributed by atoms with van der Waals surface area (Å²) in [7, 11) is 0. The van der Waals surface area contributed by atoms with Crippen molar-refractivity contribution in [1.82, 2.24) is 0 Å². The summed E-state index contributed by atoms with van der Waals surface area (Å²) in [5, 5.41) is 0. The predicted molar refractivity (Wildman–Crippen MR) is 60.2 cm³/mol. The van der Waals surface area contributed by atoms with E-state index in [1.165, 1.54) is 0 Å². The maximum absolute atomic E-state index is 13.4. The number of hydrogen-bond acceptors (Lipinski definition) is 3. The van der Waals surface area contributed by atoms with Gasteiger partial charge in [0.05, 0.1) is 6.61 Å². The van der Waals surface area contributed by atoms with E-state index < -0.39 is 17.7 Å². The lowest BCUT2D eigenvalue weighted by molar-refractivity contribution is 0.156. The molecule has 0 heterocycles. The molecule has 1 rings (SSSR count). The number of allylic oxidation sites excluding steroid dienone is 1. The van der Waals surface area contributed by atoms with E-state index in [0.717, 1.165) is 18.2 Å². The highest BCUT2D eigenvalue weighted by atomic mass is 19.1. The summed E-state index contributed by atoms with van der Waals surface area (Å²) >= 11 is 0. The van der Waals surface area contributed by atoms with Gasteiger partial charge in [0.2, 0.25) is 0 Å². The van der Waals surface area contributed by atoms with Gasteiger partial charge in [-0.25, -0.2) is 18.4 Å². The van der Waals surface area contributed by atoms with Crippen LogP contribution in [0.15, 0.2) is 18.2 Å². The van der Waals surface area contributed by atoms with E-state index >= 15 is 0 Å². The number of carbonyl (C=O) groups is 1. The Morgan fingerprint density at radius 1 is 1.39 bits per heavy atom. The molecule has 2 N–H and O–H groups in total. The molecule has 0 fully saturated rings. The standard InChI is InChI=1S/C12H11F2NO3/c13-9-3-4-11(14)10(6-9)8(7-16)2-1-5-18-12(15)17/h3-4,6H,1-2,5H2,(H2,15,17). The fraction of sp³-hybridized carbons (Fsp3) is 0.250. The summed E-state index contributed by atoms with van der Waals surface area (Å²) in [5.41, 5.74) is 4.59. The van der Waals surface area contributed by atoms with Crippen molar-refractivity contribution in [3.8, 4) is 0 Å². The molecule has 0 aromatic heterocycles. The topological polar surface area (TPSA) is 69.4 Å². The van der Waals surface area contributed by atoms with Crippen molar-refractivity contribution in [3.63, 3.8) is 0 Å². The molecule has 4 nitrogen and oxygen atoms in total. The quantitative estimate of drug-likeness (QED) is 0.646. The lowest BCUT2D eigenvalue weighted by Gasteiger charge is -2.05. The minimum Gasteiger partial charge on any atom is -0.450 e. The van der Waals surface area contributed by atoms with Gasteiger partial charge in [-0.3, -0.25) is 0 Å². The summed E-state index contributed by atoms with van der Waals surface area (Å²) in [6.45, 7) is -0.00253. The Labute approximate surface area is 102 Å². The first kappa shape index (κ1) is 13.9. The zero-order chi connectivity index (χ0) is 13.5. The molecule has 0 saturated carbocycles. The summed E-state index contributed by atoms with van der Waals surface area (Å²) in [6.07, 6.45) is -0.552. The third-order valence-electron chi connectivity index (χ3n) is 2.19. The maximum atomic E-state index is 13.4. The van der Waals surface area contributed by atoms with Gasteiger partial charge in [-0.2, -0.15) is 0 Å². The first-order valence-corrected chi connectivity index (χ1v) is 5.16. The van der Waals surface area contributed by atoms with Crippen LogP contribution in [-0.4, -0.2) is 18.6 Å². The van der Waals surface area contributed by atoms with E-state index in [-0.39, 0.29) is 30.6 Å². The Morgan fingerprint density at radius 3 is 2.72 bits per heavy atom. The number of halogens is 2. The number of hydrogen-bond donors (Lipinski definition) is 1. The second-order valence-corrected chi connectivity index (χ2v) is 3.48. The van der Waals surface area contributed by atoms with E-state index in [9.17, 15) is 18.4 Å². The molecule has 0 aliphatic rings. The van der Waals surface area contributed by atoms with Crippen molar-refractivity contribution in [2.24, 2.45) is 5.73 Å². The van der Waals surface area contributed by atoms with Crippen LogP contribution in [0.3, 0.4) is 0 Å². The van der Waals surface area contributed by atoms with Crippen LogP contribution in [0, 0.1) is 11.6 Å². The van der Waals surface area contributed by atoms with Gasteiger partial charge in [0.1, 0.15) is 17.6 Å². The van der Waals surface area contributed by atoms with Crippen LogP contribution in [0.5, 0.6) is 0 Å². The molecule has 1 aromatic carbocycles. The molecule has 0 atom stereocenters. The summed E-state index contributed by atoms with van der Waals surface area (Å²) in [6, 6.07) is 2.81. The number of carbonyl (C=O) groups excluding carboxylic acids is 2. The molecule has 6 heteroatoms. The molecule has 96 valence electrons. The number of benzene rings is 1. The minimum absolute atomic E-state index is 0.00253. The predicted octanol–water partition coefficient (Wildman–Crippen LogP) is 2.06. The van der Waals surface area contributed by atoms with Gasteiger partial charge >= 0.3 is 6.09 Å². The highest BCUT2D eigenvalue weighted by Gasteiger charge is 2.10. The van der Waals surface area contributed by atoms with Crippen molar-refractivity contribution < 1.29 is 23.1 Å². The summed E-state index contributed by atoms with van der Waals surface area (Å²) in [4.78, 5) is 21.0. The molecule has 0 saturated heterocycles. The summed E-state index contributed by atoms with van der Waals surface area (Å²) in [5.74, 6) is 0.214. The van der Waals surface area contributed by atoms with Crippen LogP contribution in [0.4, 0.5) is 13.6 Å². The average Bonchev–Trinajstić information content (AvgIpc) is 2.33. The van der Waals surface area contributed by atoms with E-state index in [4.69, 9.17) is 5.73 Å². The lowest BCUT2D eigenvalue weighted by atomic mass is 10.0. The molecule has 0 spiro atoms. The maximum Gasteiger partial charge on any atom is 0.404 e. The third-order valence-corrected chi connectivity index (χ3v) is 2.19. The van der Waals surface area contributed by atoms with Gasteiger partial charge in [0.15, 0.2) is 0 Å². The molecule has 0 bridgehead atoms. The smallest absolute Gasteiger partial charge is 0.404 e. The molecule has 0 radical (unpaired) electrons. The average molecular weight is 255 g/mol. The number of primary amides is 1. The second-order valence-electron chi connectivity index (χ2n) is 3.48. The zero-order valence-corrected chi connectivity index (χ0v) is 9.41. The number of nitrogens with two attached hydrogens (primary N) is 1. The first-order valence-electron chi connectivity index (χ1n) is 5.16. The molecular formula is C12H11F2NO3. The number of rotatable bonds is 5. The molecule has 1 aromatic rings. The largest absolute Gasteiger partial charge is 0.450 e. The Kier molecular flexibility index (Phi) is 5.02. The van der Waals surface area contributed by atoms with Crippen LogP contribution < -0.4 is 5.73 Å². The second kappa shape index (κ2) is 6.51. The van der Waals surface area contributed by atoms with Gasteiger partial charge in [-0.05, 0) is 31.0 Å². The normalized spacial score (nSPS) is 9.67. The Balaban J connectivity index is 2.70. The van der Waals surface area contributed by atoms with E-state index in [1.807, 2.05) is 0 Å². The van der Waals surface area contributed by atoms with Crippen molar-refractivity contribution in [3.05, 3.63) is 35.4 Å². The Hall–Kier alpha value is -2.20. The minimum atomic E-state index is -0.927. The lowest BCUT2D eigenvalue weighted by Crippen LogP contribution is -2.13. The Morgan fingerprint density at radius 2 is 2.11 bits per heavy atom. The zero-order valence-electron chi connectivity index (χ0n) is 9.41. The van der Waals surface area contributed by atoms with E-state index in [2.05, 4.69) is 4.74 Å². The molecule has 0 aliphatic carbocycles. The number of amides is 1. The number of ether oxygens (including phenoxy) is 1. The van der Waals surface area contributed by atoms with Gasteiger partial charge in [0.25, 0.3) is 0 Å². The van der Waals surface area contributed by atoms with Gasteiger partial charge in [-0.15, -0.1) is 0 Å². The van der Waals surface area contributed by atoms with Crippen molar-refractivity contribution in [2.45, 2.75) is 12.8 Å². The molecule has 1 amide bonds. The monoisotopic (exact) mass is 255 g/mol. The van der Waals surface area contributed by atoms with Crippen LogP contribution in [0.2, 0.25) is 0 Å². The summed E-state index contributed by atoms with van der Waals surface area (Å²) < 4.78 is 30.8. The molecule has 0 unspecified atom stereocenters. The van der Waals surface area contributed by atoms with Crippen molar-refractivity contribution in [2.75, 3.05) is 6.61 Å². The highest BCUT2D eigenvalue weighted by molar-refractivity contribution is 5.87. The van der Waals surface area contributed by atoms with Crippen LogP contribution in [0.25, 0.3) is 5.57 Å².